The van der Waals surface area contributed by atoms with E-state index in [0.717, 1.165) is 24.9 Å². The van der Waals surface area contributed by atoms with Crippen LogP contribution in [0.25, 0.3) is 0 Å². The van der Waals surface area contributed by atoms with Crippen LogP contribution in [-0.4, -0.2) is 20.7 Å². The highest BCUT2D eigenvalue weighted by Gasteiger charge is 2.26. The van der Waals surface area contributed by atoms with Crippen LogP contribution in [0.4, 0.5) is 14.5 Å². The molecule has 23 heavy (non-hydrogen) atoms. The number of nitrogens with zero attached hydrogens (tertiary/aromatic N) is 1. The third kappa shape index (κ3) is 3.22. The summed E-state index contributed by atoms with van der Waals surface area (Å²) in [5.41, 5.74) is 3.38. The van der Waals surface area contributed by atoms with Crippen molar-refractivity contribution in [3.8, 4) is 0 Å². The second-order valence-electron chi connectivity index (χ2n) is 5.60. The summed E-state index contributed by atoms with van der Waals surface area (Å²) in [7, 11) is -4.52. The fraction of sp³-hybridized carbons (Fsp3) is 0.294. The average molecular weight is 337 g/mol. The van der Waals surface area contributed by atoms with E-state index in [9.17, 15) is 17.2 Å². The van der Waals surface area contributed by atoms with E-state index in [1.165, 1.54) is 23.4 Å². The molecule has 0 bridgehead atoms. The number of hydrogen-bond donors (Lipinski definition) is 0. The van der Waals surface area contributed by atoms with Gasteiger partial charge in [0.15, 0.2) is 0 Å². The van der Waals surface area contributed by atoms with Crippen LogP contribution in [0.5, 0.6) is 0 Å². The van der Waals surface area contributed by atoms with Gasteiger partial charge in [0.05, 0.1) is 4.90 Å². The summed E-state index contributed by atoms with van der Waals surface area (Å²) in [5.74, 6) is -3.39. The number of benzene rings is 2. The number of fused-ring (bicyclic) bond motifs is 1. The molecule has 0 radical (unpaired) electrons. The van der Waals surface area contributed by atoms with Gasteiger partial charge in [-0.2, -0.15) is 8.78 Å². The fourth-order valence-corrected chi connectivity index (χ4v) is 3.60. The number of anilines is 1. The van der Waals surface area contributed by atoms with Crippen LogP contribution in [-0.2, 0) is 22.8 Å². The Morgan fingerprint density at radius 3 is 2.43 bits per heavy atom. The lowest BCUT2D eigenvalue weighted by atomic mass is 10.0. The van der Waals surface area contributed by atoms with Crippen LogP contribution in [0, 0.1) is 0 Å². The van der Waals surface area contributed by atoms with Gasteiger partial charge in [-0.15, -0.1) is 0 Å². The van der Waals surface area contributed by atoms with Crippen LogP contribution in [0.15, 0.2) is 53.4 Å². The van der Waals surface area contributed by atoms with Gasteiger partial charge in [0.25, 0.3) is 0 Å². The zero-order valence-electron chi connectivity index (χ0n) is 12.5. The summed E-state index contributed by atoms with van der Waals surface area (Å²) >= 11 is 0. The maximum atomic E-state index is 12.5. The van der Waals surface area contributed by atoms with Gasteiger partial charge in [0.2, 0.25) is 9.84 Å². The van der Waals surface area contributed by atoms with E-state index in [1.807, 2.05) is 12.1 Å². The van der Waals surface area contributed by atoms with Crippen LogP contribution in [0.2, 0.25) is 0 Å². The lowest BCUT2D eigenvalue weighted by Gasteiger charge is -2.31. The third-order valence-electron chi connectivity index (χ3n) is 4.07. The highest BCUT2D eigenvalue weighted by molar-refractivity contribution is 7.91. The Bertz CT molecular complexity index is 788. The average Bonchev–Trinajstić information content (AvgIpc) is 2.55. The van der Waals surface area contributed by atoms with Crippen molar-refractivity contribution in [2.24, 2.45) is 0 Å². The topological polar surface area (TPSA) is 37.4 Å². The Balaban J connectivity index is 1.80. The molecule has 0 fully saturated rings. The highest BCUT2D eigenvalue weighted by atomic mass is 32.2. The van der Waals surface area contributed by atoms with Crippen LogP contribution >= 0.6 is 0 Å². The fourth-order valence-electron chi connectivity index (χ4n) is 2.88. The molecule has 0 amide bonds. The normalized spacial score (nSPS) is 14.8. The Hall–Kier alpha value is -1.95. The van der Waals surface area contributed by atoms with Gasteiger partial charge in [-0.05, 0) is 42.2 Å². The minimum atomic E-state index is -4.52. The molecule has 0 aliphatic carbocycles. The van der Waals surface area contributed by atoms with Gasteiger partial charge in [-0.3, -0.25) is 0 Å². The van der Waals surface area contributed by atoms with E-state index >= 15 is 0 Å². The Labute approximate surface area is 134 Å². The van der Waals surface area contributed by atoms with E-state index in [1.54, 1.807) is 12.1 Å². The van der Waals surface area contributed by atoms with Crippen molar-refractivity contribution in [1.82, 2.24) is 0 Å². The molecular formula is C17H17F2NO2S. The van der Waals surface area contributed by atoms with Crippen molar-refractivity contribution in [2.75, 3.05) is 11.4 Å². The smallest absolute Gasteiger partial charge is 0.341 e. The van der Waals surface area contributed by atoms with Gasteiger partial charge < -0.3 is 4.90 Å². The van der Waals surface area contributed by atoms with Crippen molar-refractivity contribution in [2.45, 2.75) is 30.0 Å². The standard InChI is InChI=1S/C17H17F2NO2S/c18-17(19)23(21,22)15-9-7-13(8-10-15)12-20-11-3-5-14-4-1-2-6-16(14)20/h1-2,4,6-10,17H,3,5,11-12H2. The molecule has 0 N–H and O–H groups in total. The first-order valence-electron chi connectivity index (χ1n) is 7.42. The number of para-hydroxylation sites is 1. The monoisotopic (exact) mass is 337 g/mol. The molecule has 0 atom stereocenters. The number of rotatable bonds is 4. The van der Waals surface area contributed by atoms with Gasteiger partial charge in [0.1, 0.15) is 0 Å². The lowest BCUT2D eigenvalue weighted by molar-refractivity contribution is 0.234. The van der Waals surface area contributed by atoms with Crippen molar-refractivity contribution < 1.29 is 17.2 Å². The minimum Gasteiger partial charge on any atom is -0.367 e. The van der Waals surface area contributed by atoms with E-state index in [0.29, 0.717) is 6.54 Å². The van der Waals surface area contributed by atoms with E-state index in [-0.39, 0.29) is 4.90 Å². The molecule has 2 aromatic carbocycles. The highest BCUT2D eigenvalue weighted by Crippen LogP contribution is 2.28. The minimum absolute atomic E-state index is 0.338. The molecule has 2 aromatic rings. The van der Waals surface area contributed by atoms with Gasteiger partial charge in [-0.25, -0.2) is 8.42 Å². The molecule has 3 rings (SSSR count). The second-order valence-corrected chi connectivity index (χ2v) is 7.52. The molecule has 1 heterocycles. The SMILES string of the molecule is O=S(=O)(c1ccc(CN2CCCc3ccccc32)cc1)C(F)F. The number of halogens is 2. The van der Waals surface area contributed by atoms with Crippen molar-refractivity contribution in [3.63, 3.8) is 0 Å². The predicted molar refractivity (Wildman–Crippen MR) is 85.4 cm³/mol. The number of aryl methyl sites for hydroxylation is 1. The molecule has 0 saturated carbocycles. The summed E-state index contributed by atoms with van der Waals surface area (Å²) in [6.07, 6.45) is 2.12. The predicted octanol–water partition coefficient (Wildman–Crippen LogP) is 3.64. The molecule has 1 aliphatic heterocycles. The Morgan fingerprint density at radius 2 is 1.74 bits per heavy atom. The first-order chi connectivity index (χ1) is 11.0. The molecule has 0 spiro atoms. The quantitative estimate of drug-likeness (QED) is 0.855. The van der Waals surface area contributed by atoms with Crippen molar-refractivity contribution >= 4 is 15.5 Å². The summed E-state index contributed by atoms with van der Waals surface area (Å²) in [5, 5.41) is 0. The number of alkyl halides is 2. The van der Waals surface area contributed by atoms with Gasteiger partial charge in [0, 0.05) is 18.8 Å². The molecule has 6 heteroatoms. The molecule has 122 valence electrons. The van der Waals surface area contributed by atoms with Gasteiger partial charge in [-0.1, -0.05) is 30.3 Å². The maximum Gasteiger partial charge on any atom is 0.341 e. The molecular weight excluding hydrogens is 320 g/mol. The van der Waals surface area contributed by atoms with Crippen molar-refractivity contribution in [1.29, 1.82) is 0 Å². The summed E-state index contributed by atoms with van der Waals surface area (Å²) in [6.45, 7) is 1.56. The molecule has 0 aromatic heterocycles. The van der Waals surface area contributed by atoms with Crippen LogP contribution < -0.4 is 4.90 Å². The summed E-state index contributed by atoms with van der Waals surface area (Å²) in [4.78, 5) is 1.89. The summed E-state index contributed by atoms with van der Waals surface area (Å²) < 4.78 is 48.0. The summed E-state index contributed by atoms with van der Waals surface area (Å²) in [6, 6.07) is 13.9. The first-order valence-corrected chi connectivity index (χ1v) is 8.97. The van der Waals surface area contributed by atoms with Crippen LogP contribution in [0.1, 0.15) is 17.5 Å². The van der Waals surface area contributed by atoms with E-state index in [2.05, 4.69) is 17.0 Å². The number of hydrogen-bond acceptors (Lipinski definition) is 3. The Kier molecular flexibility index (Phi) is 4.35. The molecule has 3 nitrogen and oxygen atoms in total. The first kappa shape index (κ1) is 15.9. The lowest BCUT2D eigenvalue weighted by Crippen LogP contribution is -2.28. The van der Waals surface area contributed by atoms with E-state index < -0.39 is 15.6 Å². The molecule has 0 saturated heterocycles. The second kappa shape index (κ2) is 6.28. The molecule has 0 unspecified atom stereocenters. The largest absolute Gasteiger partial charge is 0.367 e. The molecule has 1 aliphatic rings. The van der Waals surface area contributed by atoms with Crippen molar-refractivity contribution in [3.05, 3.63) is 59.7 Å². The maximum absolute atomic E-state index is 12.5. The van der Waals surface area contributed by atoms with Crippen LogP contribution in [0.3, 0.4) is 0 Å². The zero-order valence-corrected chi connectivity index (χ0v) is 13.3. The zero-order chi connectivity index (χ0) is 16.4. The van der Waals surface area contributed by atoms with E-state index in [4.69, 9.17) is 0 Å². The Morgan fingerprint density at radius 1 is 1.04 bits per heavy atom. The third-order valence-corrected chi connectivity index (χ3v) is 5.46. The van der Waals surface area contributed by atoms with Gasteiger partial charge >= 0.3 is 5.76 Å². The number of sulfone groups is 1.